The Morgan fingerprint density at radius 1 is 1.12 bits per heavy atom. The van der Waals surface area contributed by atoms with Crippen LogP contribution in [0.4, 0.5) is 13.2 Å². The lowest BCUT2D eigenvalue weighted by Crippen LogP contribution is -2.31. The van der Waals surface area contributed by atoms with Gasteiger partial charge in [-0.05, 0) is 48.8 Å². The summed E-state index contributed by atoms with van der Waals surface area (Å²) in [6.07, 6.45) is 2.25. The SMILES string of the molecule is CCl.CN(Sc1ccn2ccnc2c1)C(c1ccc(Cl)cc1)C(F)(F)F. The molecule has 1 aromatic carbocycles. The van der Waals surface area contributed by atoms with Gasteiger partial charge in [0.25, 0.3) is 0 Å². The molecule has 3 rings (SSSR count). The highest BCUT2D eigenvalue weighted by Gasteiger charge is 2.44. The average Bonchev–Trinajstić information content (AvgIpc) is 3.05. The number of pyridine rings is 1. The molecule has 9 heteroatoms. The zero-order chi connectivity index (χ0) is 19.3. The molecule has 26 heavy (non-hydrogen) atoms. The van der Waals surface area contributed by atoms with E-state index in [4.69, 9.17) is 11.6 Å². The quantitative estimate of drug-likeness (QED) is 0.375. The fraction of sp³-hybridized carbons (Fsp3) is 0.235. The van der Waals surface area contributed by atoms with E-state index in [9.17, 15) is 13.2 Å². The Morgan fingerprint density at radius 2 is 1.77 bits per heavy atom. The highest BCUT2D eigenvalue weighted by atomic mass is 35.5. The number of rotatable bonds is 4. The molecule has 0 spiro atoms. The Balaban J connectivity index is 0.00000117. The van der Waals surface area contributed by atoms with E-state index >= 15 is 0 Å². The molecular formula is C17H16Cl2F3N3S. The van der Waals surface area contributed by atoms with Crippen molar-refractivity contribution >= 4 is 40.8 Å². The van der Waals surface area contributed by atoms with Gasteiger partial charge < -0.3 is 4.40 Å². The van der Waals surface area contributed by atoms with Gasteiger partial charge in [-0.3, -0.25) is 0 Å². The third-order valence-electron chi connectivity index (χ3n) is 3.48. The number of fused-ring (bicyclic) bond motifs is 1. The molecule has 1 atom stereocenters. The Hall–Kier alpha value is -1.41. The topological polar surface area (TPSA) is 20.5 Å². The van der Waals surface area contributed by atoms with Crippen molar-refractivity contribution < 1.29 is 13.2 Å². The van der Waals surface area contributed by atoms with Gasteiger partial charge in [0.2, 0.25) is 0 Å². The molecule has 0 amide bonds. The Kier molecular flexibility index (Phi) is 7.23. The van der Waals surface area contributed by atoms with Crippen LogP contribution < -0.4 is 0 Å². The summed E-state index contributed by atoms with van der Waals surface area (Å²) < 4.78 is 43.7. The minimum Gasteiger partial charge on any atom is -0.307 e. The van der Waals surface area contributed by atoms with Crippen molar-refractivity contribution in [3.63, 3.8) is 0 Å². The number of aromatic nitrogens is 2. The third-order valence-corrected chi connectivity index (χ3v) is 4.69. The number of imidazole rings is 1. The summed E-state index contributed by atoms with van der Waals surface area (Å²) in [4.78, 5) is 4.82. The first kappa shape index (κ1) is 20.9. The molecule has 0 radical (unpaired) electrons. The van der Waals surface area contributed by atoms with Crippen molar-refractivity contribution in [3.8, 4) is 0 Å². The Bertz CT molecular complexity index is 837. The molecule has 1 unspecified atom stereocenters. The number of benzene rings is 1. The standard InChI is InChI=1S/C16H13ClF3N3S.CH3Cl/c1-22(24-13-6-8-23-9-7-21-14(23)10-13)15(16(18,19)20)11-2-4-12(17)5-3-11;1-2/h2-10,15H,1H3;1H3. The summed E-state index contributed by atoms with van der Waals surface area (Å²) in [5, 5.41) is 0.403. The number of nitrogens with zero attached hydrogens (tertiary/aromatic N) is 3. The first-order valence-corrected chi connectivity index (χ1v) is 9.29. The van der Waals surface area contributed by atoms with Crippen LogP contribution in [-0.4, -0.2) is 33.3 Å². The molecule has 0 aliphatic rings. The van der Waals surface area contributed by atoms with Gasteiger partial charge in [0.1, 0.15) is 11.7 Å². The first-order chi connectivity index (χ1) is 12.3. The van der Waals surface area contributed by atoms with Gasteiger partial charge in [-0.1, -0.05) is 23.7 Å². The summed E-state index contributed by atoms with van der Waals surface area (Å²) in [5.74, 6) is 0. The number of hydrogen-bond donors (Lipinski definition) is 0. The fourth-order valence-electron chi connectivity index (χ4n) is 2.42. The van der Waals surface area contributed by atoms with E-state index < -0.39 is 12.2 Å². The van der Waals surface area contributed by atoms with Gasteiger partial charge >= 0.3 is 6.18 Å². The molecule has 3 aromatic rings. The predicted octanol–water partition coefficient (Wildman–Crippen LogP) is 6.09. The van der Waals surface area contributed by atoms with E-state index in [2.05, 4.69) is 16.6 Å². The van der Waals surface area contributed by atoms with E-state index in [-0.39, 0.29) is 5.56 Å². The summed E-state index contributed by atoms with van der Waals surface area (Å²) in [6.45, 7) is 0. The molecule has 3 nitrogen and oxygen atoms in total. The second-order valence-corrected chi connectivity index (χ2v) is 6.85. The highest BCUT2D eigenvalue weighted by Crippen LogP contribution is 2.42. The maximum atomic E-state index is 13.6. The zero-order valence-corrected chi connectivity index (χ0v) is 16.2. The predicted molar refractivity (Wildman–Crippen MR) is 101 cm³/mol. The van der Waals surface area contributed by atoms with Crippen LogP contribution in [0, 0.1) is 0 Å². The molecular weight excluding hydrogens is 406 g/mol. The highest BCUT2D eigenvalue weighted by molar-refractivity contribution is 7.97. The van der Waals surface area contributed by atoms with Crippen LogP contribution in [0.15, 0.2) is 59.9 Å². The molecule has 0 aliphatic heterocycles. The third kappa shape index (κ3) is 5.07. The molecule has 0 saturated heterocycles. The summed E-state index contributed by atoms with van der Waals surface area (Å²) in [6, 6.07) is 7.48. The summed E-state index contributed by atoms with van der Waals surface area (Å²) in [5.41, 5.74) is 0.826. The zero-order valence-electron chi connectivity index (χ0n) is 13.9. The molecule has 0 aliphatic carbocycles. The van der Waals surface area contributed by atoms with E-state index in [0.717, 1.165) is 11.9 Å². The van der Waals surface area contributed by atoms with Gasteiger partial charge in [0, 0.05) is 34.9 Å². The molecule has 0 saturated carbocycles. The van der Waals surface area contributed by atoms with Crippen LogP contribution in [0.2, 0.25) is 5.02 Å². The molecule has 0 fully saturated rings. The molecule has 0 N–H and O–H groups in total. The maximum Gasteiger partial charge on any atom is 0.408 e. The monoisotopic (exact) mass is 421 g/mol. The minimum absolute atomic E-state index is 0.142. The minimum atomic E-state index is -4.41. The normalized spacial score (nSPS) is 12.8. The Labute approximate surface area is 163 Å². The largest absolute Gasteiger partial charge is 0.408 e. The van der Waals surface area contributed by atoms with Crippen molar-refractivity contribution in [2.45, 2.75) is 17.1 Å². The lowest BCUT2D eigenvalue weighted by atomic mass is 10.1. The van der Waals surface area contributed by atoms with Gasteiger partial charge in [-0.25, -0.2) is 9.29 Å². The van der Waals surface area contributed by atoms with Crippen LogP contribution in [0.25, 0.3) is 5.65 Å². The fourth-order valence-corrected chi connectivity index (χ4v) is 3.50. The first-order valence-electron chi connectivity index (χ1n) is 7.38. The van der Waals surface area contributed by atoms with E-state index in [0.29, 0.717) is 15.6 Å². The smallest absolute Gasteiger partial charge is 0.307 e. The lowest BCUT2D eigenvalue weighted by molar-refractivity contribution is -0.169. The maximum absolute atomic E-state index is 13.6. The molecule has 2 heterocycles. The second kappa shape index (κ2) is 8.99. The summed E-state index contributed by atoms with van der Waals surface area (Å²) >= 11 is 11.4. The molecule has 2 aromatic heterocycles. The van der Waals surface area contributed by atoms with Crippen LogP contribution >= 0.6 is 35.1 Å². The summed E-state index contributed by atoms with van der Waals surface area (Å²) in [7, 11) is 1.42. The number of alkyl halides is 4. The van der Waals surface area contributed by atoms with Gasteiger partial charge in [0.15, 0.2) is 0 Å². The van der Waals surface area contributed by atoms with Crippen LogP contribution in [-0.2, 0) is 0 Å². The van der Waals surface area contributed by atoms with Crippen molar-refractivity contribution in [2.75, 3.05) is 13.4 Å². The van der Waals surface area contributed by atoms with Gasteiger partial charge in [-0.15, -0.1) is 11.6 Å². The number of hydrogen-bond acceptors (Lipinski definition) is 3. The van der Waals surface area contributed by atoms with Gasteiger partial charge in [0.05, 0.1) is 0 Å². The second-order valence-electron chi connectivity index (χ2n) is 5.19. The Morgan fingerprint density at radius 3 is 2.38 bits per heavy atom. The van der Waals surface area contributed by atoms with Crippen LogP contribution in [0.3, 0.4) is 0 Å². The van der Waals surface area contributed by atoms with Crippen LogP contribution in [0.5, 0.6) is 0 Å². The van der Waals surface area contributed by atoms with Gasteiger partial charge in [-0.2, -0.15) is 13.2 Å². The number of halogens is 5. The van der Waals surface area contributed by atoms with E-state index in [1.165, 1.54) is 42.0 Å². The van der Waals surface area contributed by atoms with E-state index in [1.807, 2.05) is 0 Å². The lowest BCUT2D eigenvalue weighted by Gasteiger charge is -2.29. The molecule has 140 valence electrons. The van der Waals surface area contributed by atoms with Crippen LogP contribution in [0.1, 0.15) is 11.6 Å². The van der Waals surface area contributed by atoms with Crippen molar-refractivity contribution in [2.24, 2.45) is 0 Å². The van der Waals surface area contributed by atoms with Crippen molar-refractivity contribution in [3.05, 3.63) is 65.6 Å². The van der Waals surface area contributed by atoms with Crippen molar-refractivity contribution in [1.29, 1.82) is 0 Å². The van der Waals surface area contributed by atoms with Crippen molar-refractivity contribution in [1.82, 2.24) is 13.7 Å². The van der Waals surface area contributed by atoms with E-state index in [1.54, 1.807) is 35.1 Å². The molecule has 0 bridgehead atoms. The average molecular weight is 422 g/mol.